The van der Waals surface area contributed by atoms with Crippen LogP contribution in [0.4, 0.5) is 5.69 Å². The fourth-order valence-electron chi connectivity index (χ4n) is 3.64. The third kappa shape index (κ3) is 10.4. The molecule has 1 N–H and O–H groups in total. The molecule has 152 valence electrons. The molecule has 2 heteroatoms. The summed E-state index contributed by atoms with van der Waals surface area (Å²) in [6.45, 7) is 8.10. The maximum absolute atomic E-state index is 11.8. The van der Waals surface area contributed by atoms with Gasteiger partial charge >= 0.3 is 0 Å². The van der Waals surface area contributed by atoms with Crippen LogP contribution in [0.25, 0.3) is 0 Å². The Bertz CT molecular complexity index is 535. The van der Waals surface area contributed by atoms with Crippen LogP contribution in [0.1, 0.15) is 102 Å². The topological polar surface area (TPSA) is 29.1 Å². The third-order valence-corrected chi connectivity index (χ3v) is 5.30. The van der Waals surface area contributed by atoms with Gasteiger partial charge in [-0.2, -0.15) is 0 Å². The van der Waals surface area contributed by atoms with Crippen molar-refractivity contribution in [1.82, 2.24) is 0 Å². The lowest BCUT2D eigenvalue weighted by molar-refractivity contribution is -0.111. The van der Waals surface area contributed by atoms with E-state index in [1.165, 1.54) is 94.3 Å². The lowest BCUT2D eigenvalue weighted by Gasteiger charge is -2.15. The van der Waals surface area contributed by atoms with E-state index in [1.807, 2.05) is 6.07 Å². The van der Waals surface area contributed by atoms with Crippen LogP contribution in [0, 0.1) is 0 Å². The first-order valence-electron chi connectivity index (χ1n) is 11.3. The molecule has 0 saturated heterocycles. The first-order chi connectivity index (χ1) is 13.2. The molecule has 1 aromatic carbocycles. The van der Waals surface area contributed by atoms with Crippen molar-refractivity contribution in [2.75, 3.05) is 5.32 Å². The summed E-state index contributed by atoms with van der Waals surface area (Å²) in [6.07, 6.45) is 19.2. The number of unbranched alkanes of at least 4 members (excludes halogenated alkanes) is 10. The van der Waals surface area contributed by atoms with Crippen molar-refractivity contribution < 1.29 is 4.79 Å². The van der Waals surface area contributed by atoms with Crippen molar-refractivity contribution in [3.8, 4) is 0 Å². The highest BCUT2D eigenvalue weighted by atomic mass is 16.1. The van der Waals surface area contributed by atoms with Gasteiger partial charge < -0.3 is 5.32 Å². The Kier molecular flexibility index (Phi) is 13.5. The number of benzene rings is 1. The maximum Gasteiger partial charge on any atom is 0.247 e. The van der Waals surface area contributed by atoms with Gasteiger partial charge in [0.15, 0.2) is 0 Å². The van der Waals surface area contributed by atoms with Crippen molar-refractivity contribution in [3.63, 3.8) is 0 Å². The molecule has 1 amide bonds. The summed E-state index contributed by atoms with van der Waals surface area (Å²) in [5.74, 6) is -0.115. The fourth-order valence-corrected chi connectivity index (χ4v) is 3.64. The summed E-state index contributed by atoms with van der Waals surface area (Å²) in [5.41, 5.74) is 3.75. The second-order valence-corrected chi connectivity index (χ2v) is 7.67. The Balaban J connectivity index is 2.64. The largest absolute Gasteiger partial charge is 0.322 e. The van der Waals surface area contributed by atoms with Gasteiger partial charge in [0, 0.05) is 5.69 Å². The normalized spacial score (nSPS) is 10.7. The minimum absolute atomic E-state index is 0.115. The van der Waals surface area contributed by atoms with E-state index in [9.17, 15) is 4.79 Å². The van der Waals surface area contributed by atoms with Crippen LogP contribution in [-0.4, -0.2) is 5.91 Å². The number of aryl methyl sites for hydroxylation is 1. The Morgan fingerprint density at radius 2 is 1.41 bits per heavy atom. The summed E-state index contributed by atoms with van der Waals surface area (Å²) < 4.78 is 0. The number of hydrogen-bond acceptors (Lipinski definition) is 1. The maximum atomic E-state index is 11.8. The number of rotatable bonds is 16. The highest BCUT2D eigenvalue weighted by molar-refractivity contribution is 5.99. The van der Waals surface area contributed by atoms with E-state index in [0.29, 0.717) is 0 Å². The summed E-state index contributed by atoms with van der Waals surface area (Å²) in [7, 11) is 0. The second kappa shape index (κ2) is 15.5. The molecular weight excluding hydrogens is 330 g/mol. The number of anilines is 1. The quantitative estimate of drug-likeness (QED) is 0.235. The van der Waals surface area contributed by atoms with Crippen molar-refractivity contribution in [3.05, 3.63) is 42.0 Å². The van der Waals surface area contributed by atoms with Crippen molar-refractivity contribution in [2.45, 2.75) is 104 Å². The second-order valence-electron chi connectivity index (χ2n) is 7.67. The molecule has 0 aliphatic rings. The molecule has 0 aliphatic heterocycles. The number of carbonyl (C=O) groups is 1. The number of amides is 1. The molecule has 1 aromatic rings. The molecule has 0 bridgehead atoms. The Labute approximate surface area is 167 Å². The monoisotopic (exact) mass is 371 g/mol. The van der Waals surface area contributed by atoms with E-state index in [-0.39, 0.29) is 5.91 Å². The average molecular weight is 372 g/mol. The van der Waals surface area contributed by atoms with Crippen molar-refractivity contribution in [1.29, 1.82) is 0 Å². The average Bonchev–Trinajstić information content (AvgIpc) is 2.68. The van der Waals surface area contributed by atoms with E-state index in [2.05, 4.69) is 37.9 Å². The van der Waals surface area contributed by atoms with Crippen LogP contribution in [-0.2, 0) is 17.6 Å². The van der Waals surface area contributed by atoms with Crippen LogP contribution in [0.3, 0.4) is 0 Å². The predicted molar refractivity (Wildman–Crippen MR) is 119 cm³/mol. The third-order valence-electron chi connectivity index (χ3n) is 5.30. The smallest absolute Gasteiger partial charge is 0.247 e. The molecule has 0 unspecified atom stereocenters. The zero-order valence-corrected chi connectivity index (χ0v) is 17.8. The van der Waals surface area contributed by atoms with E-state index in [0.717, 1.165) is 18.5 Å². The van der Waals surface area contributed by atoms with Crippen LogP contribution in [0.15, 0.2) is 30.9 Å². The first-order valence-corrected chi connectivity index (χ1v) is 11.3. The molecule has 0 aromatic heterocycles. The van der Waals surface area contributed by atoms with Crippen LogP contribution < -0.4 is 5.32 Å². The van der Waals surface area contributed by atoms with E-state index < -0.39 is 0 Å². The standard InChI is InChI=1S/C25H41NO/c1-4-7-9-11-13-15-18-22-19-17-21-24(26-25(27)6-3)23(22)20-16-14-12-10-8-5-2/h6,17,19,21H,3-5,7-16,18,20H2,1-2H3,(H,26,27). The van der Waals surface area contributed by atoms with Gasteiger partial charge in [0.05, 0.1) is 0 Å². The van der Waals surface area contributed by atoms with E-state index in [4.69, 9.17) is 0 Å². The molecule has 1 rings (SSSR count). The van der Waals surface area contributed by atoms with Gasteiger partial charge in [-0.05, 0) is 49.0 Å². The summed E-state index contributed by atoms with van der Waals surface area (Å²) in [6, 6.07) is 6.37. The van der Waals surface area contributed by atoms with Crippen LogP contribution in [0.2, 0.25) is 0 Å². The molecule has 0 spiro atoms. The fraction of sp³-hybridized carbons (Fsp3) is 0.640. The summed E-state index contributed by atoms with van der Waals surface area (Å²) >= 11 is 0. The van der Waals surface area contributed by atoms with Gasteiger partial charge in [0.1, 0.15) is 0 Å². The highest BCUT2D eigenvalue weighted by Gasteiger charge is 2.10. The molecule has 27 heavy (non-hydrogen) atoms. The lowest BCUT2D eigenvalue weighted by Crippen LogP contribution is -2.11. The van der Waals surface area contributed by atoms with Crippen molar-refractivity contribution in [2.24, 2.45) is 0 Å². The minimum atomic E-state index is -0.115. The predicted octanol–water partition coefficient (Wildman–Crippen LogP) is 7.62. The van der Waals surface area contributed by atoms with Gasteiger partial charge in [-0.3, -0.25) is 4.79 Å². The molecule has 0 saturated carbocycles. The first kappa shape index (κ1) is 23.5. The molecule has 0 heterocycles. The number of nitrogens with one attached hydrogen (secondary N) is 1. The SMILES string of the molecule is C=CC(=O)Nc1cccc(CCCCCCCC)c1CCCCCCCC. The number of hydrogen-bond donors (Lipinski definition) is 1. The number of carbonyl (C=O) groups excluding carboxylic acids is 1. The van der Waals surface area contributed by atoms with Gasteiger partial charge in [-0.15, -0.1) is 0 Å². The lowest BCUT2D eigenvalue weighted by atomic mass is 9.94. The molecule has 0 atom stereocenters. The minimum Gasteiger partial charge on any atom is -0.322 e. The van der Waals surface area contributed by atoms with Crippen LogP contribution in [0.5, 0.6) is 0 Å². The van der Waals surface area contributed by atoms with Gasteiger partial charge in [0.25, 0.3) is 0 Å². The van der Waals surface area contributed by atoms with Crippen molar-refractivity contribution >= 4 is 11.6 Å². The molecular formula is C25H41NO. The zero-order chi connectivity index (χ0) is 19.7. The molecule has 0 radical (unpaired) electrons. The summed E-state index contributed by atoms with van der Waals surface area (Å²) in [5, 5.41) is 3.02. The van der Waals surface area contributed by atoms with Gasteiger partial charge in [0.2, 0.25) is 5.91 Å². The molecule has 2 nitrogen and oxygen atoms in total. The van der Waals surface area contributed by atoms with E-state index in [1.54, 1.807) is 0 Å². The van der Waals surface area contributed by atoms with Crippen LogP contribution >= 0.6 is 0 Å². The van der Waals surface area contributed by atoms with Gasteiger partial charge in [-0.1, -0.05) is 96.8 Å². The molecule has 0 fully saturated rings. The Morgan fingerprint density at radius 1 is 0.852 bits per heavy atom. The van der Waals surface area contributed by atoms with E-state index >= 15 is 0 Å². The highest BCUT2D eigenvalue weighted by Crippen LogP contribution is 2.25. The summed E-state index contributed by atoms with van der Waals surface area (Å²) in [4.78, 5) is 11.8. The molecule has 0 aliphatic carbocycles. The zero-order valence-electron chi connectivity index (χ0n) is 17.8. The van der Waals surface area contributed by atoms with Gasteiger partial charge in [-0.25, -0.2) is 0 Å². The Hall–Kier alpha value is -1.57. The Morgan fingerprint density at radius 3 is 2.00 bits per heavy atom.